The third-order valence-electron chi connectivity index (χ3n) is 4.76. The first-order valence-corrected chi connectivity index (χ1v) is 11.7. The number of aromatic nitrogens is 2. The lowest BCUT2D eigenvalue weighted by molar-refractivity contribution is 0.0827. The highest BCUT2D eigenvalue weighted by Crippen LogP contribution is 2.28. The molecule has 0 bridgehead atoms. The number of nitrogens with zero attached hydrogens (tertiary/aromatic N) is 3. The zero-order chi connectivity index (χ0) is 26.3. The molecule has 0 saturated heterocycles. The van der Waals surface area contributed by atoms with Crippen molar-refractivity contribution in [3.8, 4) is 0 Å². The Morgan fingerprint density at radius 3 is 1.58 bits per heavy atom. The Kier molecular flexibility index (Phi) is 12.5. The summed E-state index contributed by atoms with van der Waals surface area (Å²) in [5.74, 6) is -0.133. The lowest BCUT2D eigenvalue weighted by Gasteiger charge is -2.12. The van der Waals surface area contributed by atoms with E-state index in [1.807, 2.05) is 64.3 Å². The fourth-order valence-electron chi connectivity index (χ4n) is 3.08. The van der Waals surface area contributed by atoms with Gasteiger partial charge in [-0.05, 0) is 63.8 Å². The van der Waals surface area contributed by atoms with Crippen molar-refractivity contribution in [1.82, 2.24) is 20.2 Å². The molecule has 4 aromatic rings. The van der Waals surface area contributed by atoms with E-state index in [2.05, 4.69) is 15.3 Å². The highest BCUT2D eigenvalue weighted by Gasteiger charge is 2.15. The van der Waals surface area contributed by atoms with E-state index in [0.29, 0.717) is 15.6 Å². The lowest BCUT2D eigenvalue weighted by atomic mass is 10.1. The van der Waals surface area contributed by atoms with Crippen molar-refractivity contribution in [2.24, 2.45) is 0 Å². The summed E-state index contributed by atoms with van der Waals surface area (Å²) in [6, 6.07) is 11.5. The molecule has 0 aliphatic rings. The van der Waals surface area contributed by atoms with Gasteiger partial charge in [0.2, 0.25) is 0 Å². The van der Waals surface area contributed by atoms with E-state index in [9.17, 15) is 9.59 Å². The molecule has 2 aromatic heterocycles. The van der Waals surface area contributed by atoms with Crippen LogP contribution in [0.2, 0.25) is 10.0 Å². The Labute approximate surface area is 232 Å². The molecular weight excluding hydrogens is 542 g/mol. The highest BCUT2D eigenvalue weighted by atomic mass is 35.5. The monoisotopic (exact) mass is 568 g/mol. The molecule has 1 amide bonds. The second-order valence-corrected chi connectivity index (χ2v) is 9.09. The van der Waals surface area contributed by atoms with Gasteiger partial charge in [0.25, 0.3) is 11.1 Å². The van der Waals surface area contributed by atoms with Crippen LogP contribution in [-0.2, 0) is 0 Å². The van der Waals surface area contributed by atoms with E-state index in [0.717, 1.165) is 32.9 Å². The van der Waals surface area contributed by atoms with Crippen LogP contribution < -0.4 is 5.32 Å². The van der Waals surface area contributed by atoms with Crippen LogP contribution in [0.3, 0.4) is 0 Å². The second-order valence-electron chi connectivity index (χ2n) is 7.99. The second kappa shape index (κ2) is 14.3. The molecule has 0 unspecified atom stereocenters. The Bertz CT molecular complexity index is 1380. The molecular formula is C26H28Cl4N4O2. The summed E-state index contributed by atoms with van der Waals surface area (Å²) in [5, 5.41) is 4.57. The van der Waals surface area contributed by atoms with E-state index in [1.165, 1.54) is 17.3 Å². The number of carbonyl (C=O) groups excluding carboxylic acids is 2. The van der Waals surface area contributed by atoms with Gasteiger partial charge >= 0.3 is 0 Å². The summed E-state index contributed by atoms with van der Waals surface area (Å²) in [6.07, 6.45) is 2.93. The van der Waals surface area contributed by atoms with Gasteiger partial charge in [0, 0.05) is 37.3 Å². The zero-order valence-electron chi connectivity index (χ0n) is 20.8. The summed E-state index contributed by atoms with van der Waals surface area (Å²) < 4.78 is 0. The average Bonchev–Trinajstić information content (AvgIpc) is 2.80. The fourth-order valence-corrected chi connectivity index (χ4v) is 3.83. The van der Waals surface area contributed by atoms with Crippen molar-refractivity contribution in [2.45, 2.75) is 13.8 Å². The minimum Gasteiger partial charge on any atom is -0.345 e. The van der Waals surface area contributed by atoms with Crippen LogP contribution in [-0.4, -0.2) is 54.2 Å². The largest absolute Gasteiger partial charge is 0.345 e. The molecule has 6 nitrogen and oxygen atoms in total. The SMILES string of the molecule is CNC.Cc1ccc2ncc(C(=O)Cl)c(Cl)c2c1.Cc1ccc2ncc(C(=O)N(C)C)c(Cl)c2c1.Cl. The molecule has 1 N–H and O–H groups in total. The molecule has 2 heterocycles. The number of carbonyl (C=O) groups is 2. The van der Waals surface area contributed by atoms with Crippen LogP contribution in [0.5, 0.6) is 0 Å². The van der Waals surface area contributed by atoms with Crippen LogP contribution >= 0.6 is 47.2 Å². The number of amides is 1. The third kappa shape index (κ3) is 7.76. The van der Waals surface area contributed by atoms with Gasteiger partial charge < -0.3 is 10.2 Å². The standard InChI is InChI=1S/C13H13ClN2O.C11H7Cl2NO.C2H7N.ClH/c1-8-4-5-11-9(6-8)12(14)10(7-15-11)13(17)16(2)3;1-6-2-3-9-7(4-6)10(12)8(5-14-9)11(13)15;1-3-2;/h4-7H,1-3H3;2-5H,1H3;3H,1-2H3;1H. The number of benzene rings is 2. The molecule has 36 heavy (non-hydrogen) atoms. The summed E-state index contributed by atoms with van der Waals surface area (Å²) in [7, 11) is 7.14. The van der Waals surface area contributed by atoms with Crippen molar-refractivity contribution in [3.63, 3.8) is 0 Å². The zero-order valence-corrected chi connectivity index (χ0v) is 23.9. The Morgan fingerprint density at radius 1 is 0.806 bits per heavy atom. The van der Waals surface area contributed by atoms with Crippen LogP contribution in [0.25, 0.3) is 21.8 Å². The number of hydrogen-bond donors (Lipinski definition) is 1. The maximum absolute atomic E-state index is 11.9. The molecule has 2 aromatic carbocycles. The predicted molar refractivity (Wildman–Crippen MR) is 153 cm³/mol. The number of rotatable bonds is 2. The van der Waals surface area contributed by atoms with E-state index in [4.69, 9.17) is 34.8 Å². The third-order valence-corrected chi connectivity index (χ3v) is 5.78. The van der Waals surface area contributed by atoms with E-state index >= 15 is 0 Å². The van der Waals surface area contributed by atoms with Gasteiger partial charge in [0.05, 0.1) is 32.2 Å². The molecule has 0 radical (unpaired) electrons. The van der Waals surface area contributed by atoms with Gasteiger partial charge in [-0.25, -0.2) is 0 Å². The molecule has 4 rings (SSSR count). The van der Waals surface area contributed by atoms with E-state index in [1.54, 1.807) is 14.1 Å². The van der Waals surface area contributed by atoms with Crippen molar-refractivity contribution in [3.05, 3.63) is 81.1 Å². The van der Waals surface area contributed by atoms with E-state index in [-0.39, 0.29) is 23.9 Å². The number of halogens is 4. The Morgan fingerprint density at radius 2 is 1.19 bits per heavy atom. The van der Waals surface area contributed by atoms with Crippen molar-refractivity contribution < 1.29 is 9.59 Å². The van der Waals surface area contributed by atoms with Gasteiger partial charge in [0.1, 0.15) is 0 Å². The van der Waals surface area contributed by atoms with Gasteiger partial charge in [-0.2, -0.15) is 0 Å². The van der Waals surface area contributed by atoms with Gasteiger partial charge in [0.15, 0.2) is 0 Å². The smallest absolute Gasteiger partial charge is 0.256 e. The number of nitrogens with one attached hydrogen (secondary N) is 1. The van der Waals surface area contributed by atoms with Gasteiger partial charge in [-0.15, -0.1) is 12.4 Å². The molecule has 0 saturated carbocycles. The van der Waals surface area contributed by atoms with Crippen LogP contribution in [0.1, 0.15) is 31.8 Å². The summed E-state index contributed by atoms with van der Waals surface area (Å²) in [4.78, 5) is 32.8. The molecule has 192 valence electrons. The number of fused-ring (bicyclic) bond motifs is 2. The van der Waals surface area contributed by atoms with Gasteiger partial charge in [-0.3, -0.25) is 19.6 Å². The fraction of sp³-hybridized carbons (Fsp3) is 0.231. The summed E-state index contributed by atoms with van der Waals surface area (Å²) in [5.41, 5.74) is 4.40. The quantitative estimate of drug-likeness (QED) is 0.271. The Balaban J connectivity index is 0.000000319. The maximum atomic E-state index is 11.9. The van der Waals surface area contributed by atoms with Gasteiger partial charge in [-0.1, -0.05) is 46.5 Å². The molecule has 0 fully saturated rings. The number of pyridine rings is 2. The molecule has 10 heteroatoms. The average molecular weight is 570 g/mol. The minimum atomic E-state index is -0.587. The van der Waals surface area contributed by atoms with Crippen molar-refractivity contribution >= 4 is 80.2 Å². The topological polar surface area (TPSA) is 75.2 Å². The molecule has 0 atom stereocenters. The molecule has 0 spiro atoms. The van der Waals surface area contributed by atoms with Crippen LogP contribution in [0.15, 0.2) is 48.8 Å². The molecule has 0 aliphatic heterocycles. The lowest BCUT2D eigenvalue weighted by Crippen LogP contribution is -2.22. The first kappa shape index (κ1) is 31.5. The summed E-state index contributed by atoms with van der Waals surface area (Å²) in [6.45, 7) is 3.93. The maximum Gasteiger partial charge on any atom is 0.256 e. The number of hydrogen-bond acceptors (Lipinski definition) is 5. The normalized spacial score (nSPS) is 9.92. The highest BCUT2D eigenvalue weighted by molar-refractivity contribution is 6.69. The summed E-state index contributed by atoms with van der Waals surface area (Å²) >= 11 is 17.7. The van der Waals surface area contributed by atoms with Crippen molar-refractivity contribution in [1.29, 1.82) is 0 Å². The van der Waals surface area contributed by atoms with Crippen LogP contribution in [0.4, 0.5) is 0 Å². The van der Waals surface area contributed by atoms with E-state index < -0.39 is 5.24 Å². The number of aryl methyl sites for hydroxylation is 2. The first-order chi connectivity index (χ1) is 16.5. The minimum absolute atomic E-state index is 0. The molecule has 0 aliphatic carbocycles. The first-order valence-electron chi connectivity index (χ1n) is 10.6. The predicted octanol–water partition coefficient (Wildman–Crippen LogP) is 6.73. The van der Waals surface area contributed by atoms with Crippen LogP contribution in [0, 0.1) is 13.8 Å². The Hall–Kier alpha value is -2.48. The van der Waals surface area contributed by atoms with Crippen molar-refractivity contribution in [2.75, 3.05) is 28.2 Å².